The van der Waals surface area contributed by atoms with Gasteiger partial charge in [-0.1, -0.05) is 13.8 Å². The molecule has 0 atom stereocenters. The van der Waals surface area contributed by atoms with E-state index < -0.39 is 10.0 Å². The van der Waals surface area contributed by atoms with Gasteiger partial charge in [-0.2, -0.15) is 5.10 Å². The summed E-state index contributed by atoms with van der Waals surface area (Å²) in [5.41, 5.74) is 5.18. The van der Waals surface area contributed by atoms with Crippen molar-refractivity contribution in [3.63, 3.8) is 0 Å². The number of fused-ring (bicyclic) bond motifs is 1. The van der Waals surface area contributed by atoms with Gasteiger partial charge < -0.3 is 10.1 Å². The molecule has 10 nitrogen and oxygen atoms in total. The molecule has 38 heavy (non-hydrogen) atoms. The van der Waals surface area contributed by atoms with E-state index in [9.17, 15) is 8.42 Å². The molecule has 1 fully saturated rings. The van der Waals surface area contributed by atoms with E-state index in [2.05, 4.69) is 30.2 Å². The number of hydrogen-bond acceptors (Lipinski definition) is 8. The number of nitrogens with one attached hydrogen (secondary N) is 1. The smallest absolute Gasteiger partial charge is 0.211 e. The molecule has 0 bridgehead atoms. The standard InChI is InChI=1S/C27H33N7O3S/c1-17(2)23-12-20(31-19-7-10-33(11-8-19)38(5,35)36)13-27(32-23)34-25-14-24(30-18(3)21(25)16-29-34)22-15-28-9-6-26(22)37-4/h6,9,12-17,19H,7-8,10-11H2,1-5H3,(H,31,32). The quantitative estimate of drug-likeness (QED) is 0.375. The first-order valence-corrected chi connectivity index (χ1v) is 14.6. The van der Waals surface area contributed by atoms with Gasteiger partial charge in [0, 0.05) is 60.1 Å². The van der Waals surface area contributed by atoms with Gasteiger partial charge in [-0.25, -0.2) is 22.4 Å². The highest BCUT2D eigenvalue weighted by Gasteiger charge is 2.25. The number of rotatable bonds is 7. The third-order valence-corrected chi connectivity index (χ3v) is 8.27. The number of piperidine rings is 1. The molecule has 4 aromatic rings. The lowest BCUT2D eigenvalue weighted by molar-refractivity contribution is 0.332. The van der Waals surface area contributed by atoms with Gasteiger partial charge in [-0.3, -0.25) is 9.97 Å². The van der Waals surface area contributed by atoms with Crippen molar-refractivity contribution in [2.75, 3.05) is 31.8 Å². The second-order valence-corrected chi connectivity index (χ2v) is 12.0. The van der Waals surface area contributed by atoms with Crippen LogP contribution < -0.4 is 10.1 Å². The molecule has 0 radical (unpaired) electrons. The molecule has 0 saturated carbocycles. The van der Waals surface area contributed by atoms with Gasteiger partial charge in [0.1, 0.15) is 5.75 Å². The highest BCUT2D eigenvalue weighted by molar-refractivity contribution is 7.88. The lowest BCUT2D eigenvalue weighted by Crippen LogP contribution is -2.41. The summed E-state index contributed by atoms with van der Waals surface area (Å²) in [4.78, 5) is 14.0. The summed E-state index contributed by atoms with van der Waals surface area (Å²) in [5, 5.41) is 9.26. The number of hydrogen-bond donors (Lipinski definition) is 1. The molecule has 5 heterocycles. The van der Waals surface area contributed by atoms with Crippen LogP contribution in [0.3, 0.4) is 0 Å². The molecule has 1 aliphatic heterocycles. The number of aryl methyl sites for hydroxylation is 1. The van der Waals surface area contributed by atoms with Crippen molar-refractivity contribution < 1.29 is 13.2 Å². The largest absolute Gasteiger partial charge is 0.496 e. The predicted octanol–water partition coefficient (Wildman–Crippen LogP) is 4.15. The van der Waals surface area contributed by atoms with Crippen LogP contribution in [0.25, 0.3) is 28.0 Å². The summed E-state index contributed by atoms with van der Waals surface area (Å²) in [7, 11) is -1.53. The fraction of sp³-hybridized carbons (Fsp3) is 0.407. The Labute approximate surface area is 223 Å². The maximum absolute atomic E-state index is 11.9. The average Bonchev–Trinajstić information content (AvgIpc) is 3.33. The van der Waals surface area contributed by atoms with Crippen molar-refractivity contribution in [1.29, 1.82) is 0 Å². The summed E-state index contributed by atoms with van der Waals surface area (Å²) in [5.74, 6) is 1.62. The van der Waals surface area contributed by atoms with Crippen LogP contribution in [0, 0.1) is 6.92 Å². The molecule has 1 saturated heterocycles. The first-order chi connectivity index (χ1) is 18.1. The molecule has 0 spiro atoms. The molecule has 0 amide bonds. The molecule has 0 unspecified atom stereocenters. The van der Waals surface area contributed by atoms with E-state index in [1.807, 2.05) is 36.0 Å². The normalized spacial score (nSPS) is 15.3. The molecular weight excluding hydrogens is 502 g/mol. The SMILES string of the molecule is COc1ccncc1-c1cc2c(cnn2-c2cc(NC3CCN(S(C)(=O)=O)CC3)cc(C(C)C)n2)c(C)n1. The van der Waals surface area contributed by atoms with E-state index in [-0.39, 0.29) is 12.0 Å². The van der Waals surface area contributed by atoms with Gasteiger partial charge in [0.05, 0.1) is 36.3 Å². The highest BCUT2D eigenvalue weighted by Crippen LogP contribution is 2.32. The molecule has 1 N–H and O–H groups in total. The Morgan fingerprint density at radius 1 is 1.11 bits per heavy atom. The minimum atomic E-state index is -3.16. The van der Waals surface area contributed by atoms with Crippen LogP contribution in [0.15, 0.2) is 42.9 Å². The van der Waals surface area contributed by atoms with E-state index in [0.717, 1.165) is 52.1 Å². The predicted molar refractivity (Wildman–Crippen MR) is 148 cm³/mol. The van der Waals surface area contributed by atoms with E-state index in [1.54, 1.807) is 23.8 Å². The fourth-order valence-corrected chi connectivity index (χ4v) is 5.72. The zero-order valence-corrected chi connectivity index (χ0v) is 23.2. The van der Waals surface area contributed by atoms with Crippen LogP contribution in [0.5, 0.6) is 5.75 Å². The van der Waals surface area contributed by atoms with E-state index >= 15 is 0 Å². The number of ether oxygens (including phenoxy) is 1. The topological polar surface area (TPSA) is 115 Å². The number of pyridine rings is 3. The second-order valence-electron chi connectivity index (χ2n) is 10.0. The zero-order valence-electron chi connectivity index (χ0n) is 22.3. The third kappa shape index (κ3) is 5.21. The molecule has 11 heteroatoms. The summed E-state index contributed by atoms with van der Waals surface area (Å²) in [6.45, 7) is 7.23. The molecule has 200 valence electrons. The fourth-order valence-electron chi connectivity index (χ4n) is 4.84. The van der Waals surface area contributed by atoms with Crippen LogP contribution in [-0.2, 0) is 10.0 Å². The maximum Gasteiger partial charge on any atom is 0.211 e. The van der Waals surface area contributed by atoms with Crippen molar-refractivity contribution in [3.05, 3.63) is 54.2 Å². The number of nitrogens with zero attached hydrogens (tertiary/aromatic N) is 6. The van der Waals surface area contributed by atoms with Crippen LogP contribution in [0.4, 0.5) is 5.69 Å². The van der Waals surface area contributed by atoms with Crippen molar-refractivity contribution in [2.45, 2.75) is 45.6 Å². The lowest BCUT2D eigenvalue weighted by atomic mass is 10.1. The lowest BCUT2D eigenvalue weighted by Gasteiger charge is -2.31. The van der Waals surface area contributed by atoms with Gasteiger partial charge in [0.25, 0.3) is 0 Å². The summed E-state index contributed by atoms with van der Waals surface area (Å²) < 4.78 is 32.7. The van der Waals surface area contributed by atoms with Crippen LogP contribution in [0.2, 0.25) is 0 Å². The average molecular weight is 536 g/mol. The number of methoxy groups -OCH3 is 1. The van der Waals surface area contributed by atoms with Crippen LogP contribution >= 0.6 is 0 Å². The molecular formula is C27H33N7O3S. The first kappa shape index (κ1) is 26.1. The Morgan fingerprint density at radius 2 is 1.87 bits per heavy atom. The van der Waals surface area contributed by atoms with E-state index in [0.29, 0.717) is 24.7 Å². The Kier molecular flexibility index (Phi) is 7.06. The van der Waals surface area contributed by atoms with Crippen molar-refractivity contribution in [2.24, 2.45) is 0 Å². The minimum absolute atomic E-state index is 0.175. The molecule has 5 rings (SSSR count). The van der Waals surface area contributed by atoms with Crippen molar-refractivity contribution in [3.8, 4) is 22.8 Å². The van der Waals surface area contributed by atoms with Crippen LogP contribution in [-0.4, -0.2) is 70.0 Å². The van der Waals surface area contributed by atoms with Gasteiger partial charge in [0.2, 0.25) is 10.0 Å². The molecule has 4 aromatic heterocycles. The Balaban J connectivity index is 1.52. The summed E-state index contributed by atoms with van der Waals surface area (Å²) in [6, 6.07) is 8.06. The third-order valence-electron chi connectivity index (χ3n) is 6.97. The number of anilines is 1. The molecule has 1 aliphatic rings. The summed E-state index contributed by atoms with van der Waals surface area (Å²) in [6.07, 6.45) is 8.02. The number of sulfonamides is 1. The molecule has 0 aliphatic carbocycles. The van der Waals surface area contributed by atoms with E-state index in [1.165, 1.54) is 6.26 Å². The van der Waals surface area contributed by atoms with E-state index in [4.69, 9.17) is 19.8 Å². The van der Waals surface area contributed by atoms with Gasteiger partial charge >= 0.3 is 0 Å². The first-order valence-electron chi connectivity index (χ1n) is 12.7. The second kappa shape index (κ2) is 10.3. The Hall–Kier alpha value is -3.57. The summed E-state index contributed by atoms with van der Waals surface area (Å²) >= 11 is 0. The van der Waals surface area contributed by atoms with Crippen molar-refractivity contribution >= 4 is 26.6 Å². The maximum atomic E-state index is 11.9. The van der Waals surface area contributed by atoms with Gasteiger partial charge in [-0.15, -0.1) is 0 Å². The molecule has 0 aromatic carbocycles. The number of aromatic nitrogens is 5. The Morgan fingerprint density at radius 3 is 2.55 bits per heavy atom. The van der Waals surface area contributed by atoms with Crippen LogP contribution in [0.1, 0.15) is 44.0 Å². The highest BCUT2D eigenvalue weighted by atomic mass is 32.2. The van der Waals surface area contributed by atoms with Gasteiger partial charge in [-0.05, 0) is 43.9 Å². The van der Waals surface area contributed by atoms with Crippen molar-refractivity contribution in [1.82, 2.24) is 29.0 Å². The Bertz CT molecular complexity index is 1580. The zero-order chi connectivity index (χ0) is 27.0. The minimum Gasteiger partial charge on any atom is -0.496 e. The monoisotopic (exact) mass is 535 g/mol. The van der Waals surface area contributed by atoms with Gasteiger partial charge in [0.15, 0.2) is 5.82 Å².